The average molecular weight is 302 g/mol. The van der Waals surface area contributed by atoms with Crippen LogP contribution >= 0.6 is 0 Å². The van der Waals surface area contributed by atoms with E-state index in [2.05, 4.69) is 19.9 Å². The summed E-state index contributed by atoms with van der Waals surface area (Å²) in [6.07, 6.45) is 13.9. The second-order valence-electron chi connectivity index (χ2n) is 6.81. The Balaban J connectivity index is 2.21. The molecule has 0 fully saturated rings. The van der Waals surface area contributed by atoms with Crippen LogP contribution in [0.3, 0.4) is 0 Å². The highest BCUT2D eigenvalue weighted by molar-refractivity contribution is 5.24. The van der Waals surface area contributed by atoms with Gasteiger partial charge in [-0.2, -0.15) is 0 Å². The first-order chi connectivity index (χ1) is 10.7. The first-order valence-electron chi connectivity index (χ1n) is 9.18. The van der Waals surface area contributed by atoms with E-state index in [1.807, 2.05) is 12.1 Å². The van der Waals surface area contributed by atoms with Crippen molar-refractivity contribution < 1.29 is 4.39 Å². The van der Waals surface area contributed by atoms with Crippen molar-refractivity contribution in [3.63, 3.8) is 0 Å². The molecule has 0 N–H and O–H groups in total. The van der Waals surface area contributed by atoms with Crippen LogP contribution in [0.25, 0.3) is 0 Å². The molecule has 22 heavy (non-hydrogen) atoms. The molecule has 0 aliphatic heterocycles. The normalized spacial score (nSPS) is 16.6. The van der Waals surface area contributed by atoms with Crippen molar-refractivity contribution in [3.8, 4) is 0 Å². The molecule has 0 saturated heterocycles. The molecule has 0 spiro atoms. The fourth-order valence-electron chi connectivity index (χ4n) is 3.93. The maximum absolute atomic E-state index is 13.3. The fraction of sp³-hybridized carbons (Fsp3) is 0.619. The summed E-state index contributed by atoms with van der Waals surface area (Å²) in [5.41, 5.74) is 2.97. The molecule has 0 aromatic heterocycles. The van der Waals surface area contributed by atoms with Crippen LogP contribution in [-0.4, -0.2) is 0 Å². The van der Waals surface area contributed by atoms with Gasteiger partial charge in [-0.1, -0.05) is 63.3 Å². The van der Waals surface area contributed by atoms with Gasteiger partial charge in [-0.15, -0.1) is 0 Å². The minimum Gasteiger partial charge on any atom is -0.207 e. The summed E-state index contributed by atoms with van der Waals surface area (Å²) < 4.78 is 13.3. The van der Waals surface area contributed by atoms with Crippen molar-refractivity contribution in [3.05, 3.63) is 47.3 Å². The van der Waals surface area contributed by atoms with E-state index in [-0.39, 0.29) is 5.82 Å². The molecule has 1 heteroatoms. The van der Waals surface area contributed by atoms with E-state index in [0.717, 1.165) is 5.92 Å². The minimum absolute atomic E-state index is 0.123. The quantitative estimate of drug-likeness (QED) is 0.453. The molecule has 1 aliphatic carbocycles. The van der Waals surface area contributed by atoms with Gasteiger partial charge < -0.3 is 0 Å². The zero-order valence-corrected chi connectivity index (χ0v) is 14.3. The van der Waals surface area contributed by atoms with Gasteiger partial charge in [-0.3, -0.25) is 0 Å². The van der Waals surface area contributed by atoms with Crippen LogP contribution in [0.15, 0.2) is 35.9 Å². The summed E-state index contributed by atoms with van der Waals surface area (Å²) in [5, 5.41) is 0. The lowest BCUT2D eigenvalue weighted by molar-refractivity contribution is 0.356. The number of hydrogen-bond acceptors (Lipinski definition) is 0. The zero-order chi connectivity index (χ0) is 15.8. The monoisotopic (exact) mass is 302 g/mol. The van der Waals surface area contributed by atoms with Crippen LogP contribution in [-0.2, 0) is 0 Å². The number of rotatable bonds is 8. The van der Waals surface area contributed by atoms with Crippen LogP contribution in [0, 0.1) is 11.7 Å². The van der Waals surface area contributed by atoms with E-state index in [0.29, 0.717) is 5.92 Å². The van der Waals surface area contributed by atoms with E-state index in [4.69, 9.17) is 0 Å². The topological polar surface area (TPSA) is 0 Å². The van der Waals surface area contributed by atoms with Crippen LogP contribution in [0.5, 0.6) is 0 Å². The van der Waals surface area contributed by atoms with Crippen LogP contribution in [0.1, 0.15) is 83.1 Å². The lowest BCUT2D eigenvalue weighted by Crippen LogP contribution is -2.15. The second-order valence-corrected chi connectivity index (χ2v) is 6.81. The summed E-state index contributed by atoms with van der Waals surface area (Å²) in [5.74, 6) is 1.16. The van der Waals surface area contributed by atoms with Gasteiger partial charge in [0.15, 0.2) is 0 Å². The third-order valence-corrected chi connectivity index (χ3v) is 5.05. The number of benzene rings is 1. The SMILES string of the molecule is CCCC(CCC)C(CC1=CCCCC1)c1ccc(F)cc1. The molecule has 1 unspecified atom stereocenters. The highest BCUT2D eigenvalue weighted by Crippen LogP contribution is 2.38. The Morgan fingerprint density at radius 1 is 1.00 bits per heavy atom. The molecule has 2 rings (SSSR count). The third kappa shape index (κ3) is 4.97. The van der Waals surface area contributed by atoms with Crippen molar-refractivity contribution >= 4 is 0 Å². The summed E-state index contributed by atoms with van der Waals surface area (Å²) in [7, 11) is 0. The molecule has 0 heterocycles. The molecular formula is C21H31F. The summed E-state index contributed by atoms with van der Waals surface area (Å²) in [6.45, 7) is 4.56. The fourth-order valence-corrected chi connectivity index (χ4v) is 3.93. The predicted octanol–water partition coefficient (Wildman–Crippen LogP) is 7.02. The molecule has 122 valence electrons. The maximum atomic E-state index is 13.3. The lowest BCUT2D eigenvalue weighted by atomic mass is 9.76. The van der Waals surface area contributed by atoms with Crippen LogP contribution < -0.4 is 0 Å². The smallest absolute Gasteiger partial charge is 0.123 e. The summed E-state index contributed by atoms with van der Waals surface area (Å²) in [6, 6.07) is 7.29. The van der Waals surface area contributed by atoms with Gasteiger partial charge in [0, 0.05) is 0 Å². The van der Waals surface area contributed by atoms with Crippen molar-refractivity contribution in [2.24, 2.45) is 5.92 Å². The molecule has 1 aliphatic rings. The largest absolute Gasteiger partial charge is 0.207 e. The molecule has 1 aromatic rings. The Morgan fingerprint density at radius 3 is 2.23 bits per heavy atom. The van der Waals surface area contributed by atoms with Gasteiger partial charge in [0.05, 0.1) is 0 Å². The number of halogens is 1. The third-order valence-electron chi connectivity index (χ3n) is 5.05. The second kappa shape index (κ2) is 9.12. The zero-order valence-electron chi connectivity index (χ0n) is 14.3. The number of hydrogen-bond donors (Lipinski definition) is 0. The average Bonchev–Trinajstić information content (AvgIpc) is 2.54. The van der Waals surface area contributed by atoms with Gasteiger partial charge in [0.25, 0.3) is 0 Å². The van der Waals surface area contributed by atoms with Gasteiger partial charge in [-0.25, -0.2) is 4.39 Å². The Hall–Kier alpha value is -1.11. The minimum atomic E-state index is -0.123. The van der Waals surface area contributed by atoms with Gasteiger partial charge in [-0.05, 0) is 61.6 Å². The van der Waals surface area contributed by atoms with E-state index in [1.165, 1.54) is 63.4 Å². The molecular weight excluding hydrogens is 271 g/mol. The summed E-state index contributed by atoms with van der Waals surface area (Å²) >= 11 is 0. The molecule has 0 radical (unpaired) electrons. The Morgan fingerprint density at radius 2 is 1.68 bits per heavy atom. The predicted molar refractivity (Wildman–Crippen MR) is 93.6 cm³/mol. The molecule has 1 atom stereocenters. The van der Waals surface area contributed by atoms with Gasteiger partial charge in [0.1, 0.15) is 5.82 Å². The van der Waals surface area contributed by atoms with Crippen molar-refractivity contribution in [1.82, 2.24) is 0 Å². The Kier molecular flexibility index (Phi) is 7.15. The summed E-state index contributed by atoms with van der Waals surface area (Å²) in [4.78, 5) is 0. The van der Waals surface area contributed by atoms with Crippen molar-refractivity contribution in [2.75, 3.05) is 0 Å². The molecule has 1 aromatic carbocycles. The molecule has 0 amide bonds. The Bertz CT molecular complexity index is 451. The van der Waals surface area contributed by atoms with E-state index in [1.54, 1.807) is 17.7 Å². The standard InChI is InChI=1S/C21H31F/c1-3-8-18(9-4-2)21(16-17-10-6-5-7-11-17)19-12-14-20(22)15-13-19/h10,12-15,18,21H,3-9,11,16H2,1-2H3. The molecule has 0 saturated carbocycles. The Labute approximate surface area is 135 Å². The number of allylic oxidation sites excluding steroid dienone is 2. The van der Waals surface area contributed by atoms with E-state index >= 15 is 0 Å². The van der Waals surface area contributed by atoms with Gasteiger partial charge >= 0.3 is 0 Å². The lowest BCUT2D eigenvalue weighted by Gasteiger charge is -2.29. The van der Waals surface area contributed by atoms with Crippen LogP contribution in [0.4, 0.5) is 4.39 Å². The maximum Gasteiger partial charge on any atom is 0.123 e. The van der Waals surface area contributed by atoms with Gasteiger partial charge in [0.2, 0.25) is 0 Å². The van der Waals surface area contributed by atoms with E-state index in [9.17, 15) is 4.39 Å². The molecule has 0 nitrogen and oxygen atoms in total. The highest BCUT2D eigenvalue weighted by Gasteiger charge is 2.23. The van der Waals surface area contributed by atoms with E-state index < -0.39 is 0 Å². The first-order valence-corrected chi connectivity index (χ1v) is 9.18. The molecule has 0 bridgehead atoms. The van der Waals surface area contributed by atoms with Crippen molar-refractivity contribution in [2.45, 2.75) is 77.6 Å². The first kappa shape index (κ1) is 17.2. The highest BCUT2D eigenvalue weighted by atomic mass is 19.1. The van der Waals surface area contributed by atoms with Crippen LogP contribution in [0.2, 0.25) is 0 Å². The van der Waals surface area contributed by atoms with Crippen molar-refractivity contribution in [1.29, 1.82) is 0 Å².